The number of furan rings is 1. The molecule has 1 atom stereocenters. The van der Waals surface area contributed by atoms with Crippen molar-refractivity contribution in [2.45, 2.75) is 31.7 Å². The number of aliphatic hydroxyl groups is 1. The molecule has 0 radical (unpaired) electrons. The van der Waals surface area contributed by atoms with Gasteiger partial charge in [0.2, 0.25) is 0 Å². The molecule has 0 bridgehead atoms. The van der Waals surface area contributed by atoms with Crippen LogP contribution in [-0.4, -0.2) is 38.3 Å². The van der Waals surface area contributed by atoms with Crippen LogP contribution in [0.1, 0.15) is 11.3 Å². The third-order valence-corrected chi connectivity index (χ3v) is 5.08. The minimum atomic E-state index is -0.622. The van der Waals surface area contributed by atoms with Gasteiger partial charge in [-0.05, 0) is 37.6 Å². The SMILES string of the molecule is C=CCn1c(SCC(O)COc2cccc(C)c2)nnc1-c1ccoc1C. The van der Waals surface area contributed by atoms with Crippen LogP contribution in [0.15, 0.2) is 58.8 Å². The average molecular weight is 385 g/mol. The van der Waals surface area contributed by atoms with E-state index in [1.165, 1.54) is 11.8 Å². The van der Waals surface area contributed by atoms with Crippen LogP contribution in [0.2, 0.25) is 0 Å². The fourth-order valence-electron chi connectivity index (χ4n) is 2.62. The molecular weight excluding hydrogens is 362 g/mol. The lowest BCUT2D eigenvalue weighted by atomic mass is 10.2. The van der Waals surface area contributed by atoms with Gasteiger partial charge < -0.3 is 14.3 Å². The number of thioether (sulfide) groups is 1. The van der Waals surface area contributed by atoms with Crippen LogP contribution in [0.3, 0.4) is 0 Å². The predicted molar refractivity (Wildman–Crippen MR) is 106 cm³/mol. The molecule has 2 aromatic heterocycles. The molecular formula is C20H23N3O3S. The number of aryl methyl sites for hydroxylation is 2. The van der Waals surface area contributed by atoms with Crippen molar-refractivity contribution in [1.29, 1.82) is 0 Å². The summed E-state index contributed by atoms with van der Waals surface area (Å²) >= 11 is 1.44. The van der Waals surface area contributed by atoms with Crippen LogP contribution in [-0.2, 0) is 6.54 Å². The van der Waals surface area contributed by atoms with Gasteiger partial charge in [0, 0.05) is 12.3 Å². The van der Waals surface area contributed by atoms with E-state index in [1.54, 1.807) is 12.3 Å². The Morgan fingerprint density at radius 1 is 1.33 bits per heavy atom. The fraction of sp³-hybridized carbons (Fsp3) is 0.300. The molecule has 27 heavy (non-hydrogen) atoms. The van der Waals surface area contributed by atoms with E-state index in [9.17, 15) is 5.11 Å². The van der Waals surface area contributed by atoms with Gasteiger partial charge >= 0.3 is 0 Å². The fourth-order valence-corrected chi connectivity index (χ4v) is 3.47. The molecule has 3 rings (SSSR count). The van der Waals surface area contributed by atoms with Gasteiger partial charge in [0.25, 0.3) is 0 Å². The first kappa shape index (κ1) is 19.3. The van der Waals surface area contributed by atoms with Crippen molar-refractivity contribution in [2.75, 3.05) is 12.4 Å². The summed E-state index contributed by atoms with van der Waals surface area (Å²) in [4.78, 5) is 0. The second-order valence-corrected chi connectivity index (χ2v) is 7.18. The van der Waals surface area contributed by atoms with Gasteiger partial charge in [-0.2, -0.15) is 0 Å². The Kier molecular flexibility index (Phi) is 6.36. The number of allylic oxidation sites excluding steroid dienone is 1. The summed E-state index contributed by atoms with van der Waals surface area (Å²) in [6.07, 6.45) is 2.81. The molecule has 1 N–H and O–H groups in total. The summed E-state index contributed by atoms with van der Waals surface area (Å²) in [7, 11) is 0. The van der Waals surface area contributed by atoms with Crippen molar-refractivity contribution in [3.05, 3.63) is 60.6 Å². The summed E-state index contributed by atoms with van der Waals surface area (Å²) in [5.74, 6) is 2.72. The number of aromatic nitrogens is 3. The number of hydrogen-bond donors (Lipinski definition) is 1. The van der Waals surface area contributed by atoms with Crippen LogP contribution in [0.25, 0.3) is 11.4 Å². The number of ether oxygens (including phenoxy) is 1. The molecule has 1 aromatic carbocycles. The average Bonchev–Trinajstić information content (AvgIpc) is 3.24. The Labute approximate surface area is 162 Å². The van der Waals surface area contributed by atoms with Crippen molar-refractivity contribution in [1.82, 2.24) is 14.8 Å². The molecule has 0 saturated heterocycles. The molecule has 0 spiro atoms. The maximum Gasteiger partial charge on any atom is 0.191 e. The molecule has 7 heteroatoms. The zero-order valence-electron chi connectivity index (χ0n) is 15.5. The Morgan fingerprint density at radius 3 is 2.89 bits per heavy atom. The minimum absolute atomic E-state index is 0.222. The first-order valence-corrected chi connectivity index (χ1v) is 9.66. The van der Waals surface area contributed by atoms with Crippen molar-refractivity contribution >= 4 is 11.8 Å². The normalized spacial score (nSPS) is 12.1. The van der Waals surface area contributed by atoms with Gasteiger partial charge in [0.05, 0.1) is 17.9 Å². The van der Waals surface area contributed by atoms with E-state index in [0.717, 1.165) is 33.6 Å². The number of hydrogen-bond acceptors (Lipinski definition) is 6. The standard InChI is InChI=1S/C20H23N3O3S/c1-4-9-23-19(18-8-10-25-15(18)3)21-22-20(23)27-13-16(24)12-26-17-7-5-6-14(2)11-17/h4-8,10-11,16,24H,1,9,12-13H2,2-3H3. The van der Waals surface area contributed by atoms with E-state index < -0.39 is 6.10 Å². The van der Waals surface area contributed by atoms with E-state index >= 15 is 0 Å². The highest BCUT2D eigenvalue weighted by Gasteiger charge is 2.18. The minimum Gasteiger partial charge on any atom is -0.491 e. The molecule has 0 aliphatic carbocycles. The van der Waals surface area contributed by atoms with Crippen molar-refractivity contribution < 1.29 is 14.3 Å². The number of aliphatic hydroxyl groups excluding tert-OH is 1. The maximum atomic E-state index is 10.3. The lowest BCUT2D eigenvalue weighted by Gasteiger charge is -2.13. The molecule has 0 saturated carbocycles. The number of nitrogens with zero attached hydrogens (tertiary/aromatic N) is 3. The third kappa shape index (κ3) is 4.81. The van der Waals surface area contributed by atoms with Crippen LogP contribution in [0, 0.1) is 13.8 Å². The molecule has 142 valence electrons. The smallest absolute Gasteiger partial charge is 0.191 e. The highest BCUT2D eigenvalue weighted by molar-refractivity contribution is 7.99. The van der Waals surface area contributed by atoms with E-state index in [-0.39, 0.29) is 6.61 Å². The lowest BCUT2D eigenvalue weighted by Crippen LogP contribution is -2.20. The summed E-state index contributed by atoms with van der Waals surface area (Å²) < 4.78 is 13.0. The Morgan fingerprint density at radius 2 is 2.19 bits per heavy atom. The number of rotatable bonds is 9. The lowest BCUT2D eigenvalue weighted by molar-refractivity contribution is 0.126. The Balaban J connectivity index is 1.62. The summed E-state index contributed by atoms with van der Waals surface area (Å²) in [5.41, 5.74) is 2.02. The zero-order chi connectivity index (χ0) is 19.2. The molecule has 0 fully saturated rings. The van der Waals surface area contributed by atoms with Gasteiger partial charge in [-0.1, -0.05) is 30.0 Å². The van der Waals surface area contributed by atoms with Gasteiger partial charge in [0.15, 0.2) is 11.0 Å². The molecule has 1 unspecified atom stereocenters. The maximum absolute atomic E-state index is 10.3. The number of benzene rings is 1. The first-order valence-electron chi connectivity index (χ1n) is 8.67. The Bertz CT molecular complexity index is 904. The van der Waals surface area contributed by atoms with E-state index in [4.69, 9.17) is 9.15 Å². The molecule has 0 aliphatic rings. The van der Waals surface area contributed by atoms with Crippen molar-refractivity contribution in [2.24, 2.45) is 0 Å². The summed E-state index contributed by atoms with van der Waals surface area (Å²) in [6, 6.07) is 9.64. The third-order valence-electron chi connectivity index (χ3n) is 3.96. The largest absolute Gasteiger partial charge is 0.491 e. The van der Waals surface area contributed by atoms with Crippen LogP contribution in [0.5, 0.6) is 5.75 Å². The van der Waals surface area contributed by atoms with E-state index in [1.807, 2.05) is 48.7 Å². The molecule has 0 aliphatic heterocycles. The monoisotopic (exact) mass is 385 g/mol. The quantitative estimate of drug-likeness (QED) is 0.445. The first-order chi connectivity index (χ1) is 13.1. The van der Waals surface area contributed by atoms with Gasteiger partial charge in [0.1, 0.15) is 18.1 Å². The van der Waals surface area contributed by atoms with Gasteiger partial charge in [-0.3, -0.25) is 4.57 Å². The van der Waals surface area contributed by atoms with E-state index in [0.29, 0.717) is 12.3 Å². The second kappa shape index (κ2) is 8.92. The predicted octanol–water partition coefficient (Wildman–Crippen LogP) is 3.87. The second-order valence-electron chi connectivity index (χ2n) is 6.19. The molecule has 0 amide bonds. The van der Waals surface area contributed by atoms with Crippen molar-refractivity contribution in [3.63, 3.8) is 0 Å². The highest BCUT2D eigenvalue weighted by atomic mass is 32.2. The molecule has 3 aromatic rings. The van der Waals surface area contributed by atoms with Gasteiger partial charge in [-0.15, -0.1) is 16.8 Å². The Hall–Kier alpha value is -2.51. The summed E-state index contributed by atoms with van der Waals surface area (Å²) in [6.45, 7) is 8.50. The van der Waals surface area contributed by atoms with Crippen molar-refractivity contribution in [3.8, 4) is 17.1 Å². The molecule has 6 nitrogen and oxygen atoms in total. The molecule has 2 heterocycles. The van der Waals surface area contributed by atoms with Crippen LogP contribution >= 0.6 is 11.8 Å². The highest BCUT2D eigenvalue weighted by Crippen LogP contribution is 2.27. The van der Waals surface area contributed by atoms with Crippen LogP contribution in [0.4, 0.5) is 0 Å². The van der Waals surface area contributed by atoms with Crippen LogP contribution < -0.4 is 4.74 Å². The topological polar surface area (TPSA) is 73.3 Å². The zero-order valence-corrected chi connectivity index (χ0v) is 16.3. The summed E-state index contributed by atoms with van der Waals surface area (Å²) in [5, 5.41) is 19.5. The van der Waals surface area contributed by atoms with E-state index in [2.05, 4.69) is 16.8 Å². The van der Waals surface area contributed by atoms with Gasteiger partial charge in [-0.25, -0.2) is 0 Å².